The highest BCUT2D eigenvalue weighted by atomic mass is 19.4. The number of fused-ring (bicyclic) bond motifs is 1. The van der Waals surface area contributed by atoms with Gasteiger partial charge in [0, 0.05) is 24.4 Å². The number of hydrogen-bond donors (Lipinski definition) is 1. The van der Waals surface area contributed by atoms with E-state index in [-0.39, 0.29) is 35.0 Å². The first-order chi connectivity index (χ1) is 18.3. The highest BCUT2D eigenvalue weighted by molar-refractivity contribution is 6.12. The minimum atomic E-state index is -4.35. The monoisotopic (exact) mass is 541 g/mol. The molecule has 0 spiro atoms. The van der Waals surface area contributed by atoms with Crippen molar-refractivity contribution in [2.45, 2.75) is 58.4 Å². The lowest BCUT2D eigenvalue weighted by Crippen LogP contribution is -2.21. The lowest BCUT2D eigenvalue weighted by atomic mass is 9.92. The number of rotatable bonds is 7. The average molecular weight is 542 g/mol. The number of aryl methyl sites for hydroxylation is 1. The molecule has 206 valence electrons. The number of amides is 1. The van der Waals surface area contributed by atoms with Gasteiger partial charge in [-0.15, -0.1) is 0 Å². The lowest BCUT2D eigenvalue weighted by molar-refractivity contribution is -0.133. The summed E-state index contributed by atoms with van der Waals surface area (Å²) >= 11 is 0. The van der Waals surface area contributed by atoms with Crippen LogP contribution in [-0.4, -0.2) is 24.7 Å². The van der Waals surface area contributed by atoms with Crippen molar-refractivity contribution in [3.8, 4) is 22.5 Å². The van der Waals surface area contributed by atoms with E-state index in [0.717, 1.165) is 5.56 Å². The molecule has 39 heavy (non-hydrogen) atoms. The van der Waals surface area contributed by atoms with Crippen LogP contribution < -0.4 is 5.32 Å². The fraction of sp³-hybridized carbons (Fsp3) is 0.323. The minimum Gasteiger partial charge on any atom is -0.455 e. The van der Waals surface area contributed by atoms with Gasteiger partial charge in [0.2, 0.25) is 0 Å². The molecule has 0 fully saturated rings. The Morgan fingerprint density at radius 3 is 2.31 bits per heavy atom. The van der Waals surface area contributed by atoms with E-state index in [9.17, 15) is 22.4 Å². The first kappa shape index (κ1) is 28.4. The maximum Gasteiger partial charge on any atom is 0.389 e. The van der Waals surface area contributed by atoms with Crippen LogP contribution in [0.4, 0.5) is 17.6 Å². The van der Waals surface area contributed by atoms with Gasteiger partial charge in [0.25, 0.3) is 5.91 Å². The van der Waals surface area contributed by atoms with Crippen LogP contribution in [0.25, 0.3) is 33.4 Å². The van der Waals surface area contributed by atoms with Gasteiger partial charge in [-0.2, -0.15) is 13.2 Å². The fourth-order valence-electron chi connectivity index (χ4n) is 4.65. The summed E-state index contributed by atoms with van der Waals surface area (Å²) in [5.41, 5.74) is 3.15. The number of benzene rings is 3. The van der Waals surface area contributed by atoms with Gasteiger partial charge in [-0.3, -0.25) is 4.79 Å². The molecule has 3 aromatic carbocycles. The van der Waals surface area contributed by atoms with Crippen molar-refractivity contribution in [2.75, 3.05) is 7.05 Å². The van der Waals surface area contributed by atoms with Gasteiger partial charge in [0.05, 0.1) is 17.3 Å². The van der Waals surface area contributed by atoms with E-state index in [1.807, 2.05) is 52.0 Å². The molecule has 0 aliphatic carbocycles. The minimum absolute atomic E-state index is 0.212. The largest absolute Gasteiger partial charge is 0.455 e. The molecule has 0 bridgehead atoms. The zero-order valence-electron chi connectivity index (χ0n) is 22.5. The summed E-state index contributed by atoms with van der Waals surface area (Å²) in [7, 11) is 1.48. The molecule has 8 heteroatoms. The quantitative estimate of drug-likeness (QED) is 0.238. The molecule has 0 radical (unpaired) electrons. The van der Waals surface area contributed by atoms with Crippen LogP contribution in [0.2, 0.25) is 0 Å². The average Bonchev–Trinajstić information content (AvgIpc) is 3.24. The molecule has 0 aliphatic rings. The number of halogens is 4. The van der Waals surface area contributed by atoms with Gasteiger partial charge in [0.1, 0.15) is 17.2 Å². The highest BCUT2D eigenvalue weighted by Gasteiger charge is 2.29. The van der Waals surface area contributed by atoms with Crippen LogP contribution in [0.15, 0.2) is 65.1 Å². The number of hydrogen-bond acceptors (Lipinski definition) is 3. The molecule has 1 unspecified atom stereocenters. The number of carbonyl (C=O) groups excluding carboxylic acids is 1. The molecule has 0 saturated carbocycles. The van der Waals surface area contributed by atoms with Crippen molar-refractivity contribution in [2.24, 2.45) is 0 Å². The van der Waals surface area contributed by atoms with Crippen LogP contribution in [0, 0.1) is 5.82 Å². The van der Waals surface area contributed by atoms with Crippen LogP contribution in [0.5, 0.6) is 0 Å². The third-order valence-corrected chi connectivity index (χ3v) is 6.35. The summed E-state index contributed by atoms with van der Waals surface area (Å²) in [6.07, 6.45) is -5.89. The van der Waals surface area contributed by atoms with Crippen molar-refractivity contribution < 1.29 is 31.5 Å². The van der Waals surface area contributed by atoms with Gasteiger partial charge >= 0.3 is 6.18 Å². The van der Waals surface area contributed by atoms with Gasteiger partial charge in [-0.1, -0.05) is 18.2 Å². The number of nitrogens with one attached hydrogen (secondary N) is 1. The Labute approximate surface area is 225 Å². The van der Waals surface area contributed by atoms with Crippen molar-refractivity contribution in [3.63, 3.8) is 0 Å². The number of carbonyl (C=O) groups is 1. The fourth-order valence-corrected chi connectivity index (χ4v) is 4.65. The molecule has 1 atom stereocenters. The van der Waals surface area contributed by atoms with Gasteiger partial charge in [-0.25, -0.2) is 4.39 Å². The Balaban J connectivity index is 1.93. The molecule has 1 N–H and O–H groups in total. The molecule has 4 nitrogen and oxygen atoms in total. The van der Waals surface area contributed by atoms with Crippen molar-refractivity contribution >= 4 is 16.9 Å². The maximum atomic E-state index is 13.6. The Morgan fingerprint density at radius 1 is 1.00 bits per heavy atom. The summed E-state index contributed by atoms with van der Waals surface area (Å²) < 4.78 is 65.5. The Bertz CT molecular complexity index is 1480. The van der Waals surface area contributed by atoms with E-state index in [1.54, 1.807) is 12.1 Å². The smallest absolute Gasteiger partial charge is 0.389 e. The second-order valence-corrected chi connectivity index (χ2v) is 10.5. The molecular weight excluding hydrogens is 510 g/mol. The summed E-state index contributed by atoms with van der Waals surface area (Å²) in [6, 6.07) is 16.2. The van der Waals surface area contributed by atoms with Crippen LogP contribution in [-0.2, 0) is 11.2 Å². The maximum absolute atomic E-state index is 13.6. The van der Waals surface area contributed by atoms with Crippen LogP contribution in [0.1, 0.15) is 61.7 Å². The zero-order chi connectivity index (χ0) is 28.5. The Hall–Kier alpha value is -3.65. The third-order valence-electron chi connectivity index (χ3n) is 6.35. The number of alkyl halides is 3. The van der Waals surface area contributed by atoms with E-state index in [2.05, 4.69) is 5.32 Å². The van der Waals surface area contributed by atoms with Crippen LogP contribution >= 0.6 is 0 Å². The molecule has 1 heterocycles. The molecule has 0 aliphatic heterocycles. The highest BCUT2D eigenvalue weighted by Crippen LogP contribution is 2.39. The van der Waals surface area contributed by atoms with E-state index in [4.69, 9.17) is 9.15 Å². The Morgan fingerprint density at radius 2 is 1.69 bits per heavy atom. The number of ether oxygens (including phenoxy) is 1. The summed E-state index contributed by atoms with van der Waals surface area (Å²) in [5.74, 6) is -0.662. The molecule has 4 aromatic rings. The van der Waals surface area contributed by atoms with E-state index in [0.29, 0.717) is 27.6 Å². The lowest BCUT2D eigenvalue weighted by Gasteiger charge is -2.25. The third kappa shape index (κ3) is 6.68. The van der Waals surface area contributed by atoms with Crippen molar-refractivity contribution in [1.82, 2.24) is 5.32 Å². The molecule has 0 saturated heterocycles. The number of furan rings is 1. The summed E-state index contributed by atoms with van der Waals surface area (Å²) in [5, 5.41) is 3.06. The topological polar surface area (TPSA) is 51.5 Å². The first-order valence-corrected chi connectivity index (χ1v) is 12.7. The predicted molar refractivity (Wildman–Crippen MR) is 144 cm³/mol. The molecule has 1 amide bonds. The molecule has 4 rings (SSSR count). The van der Waals surface area contributed by atoms with E-state index < -0.39 is 24.3 Å². The zero-order valence-corrected chi connectivity index (χ0v) is 22.5. The van der Waals surface area contributed by atoms with Crippen molar-refractivity contribution in [1.29, 1.82) is 0 Å². The molecular formula is C31H31F4NO3. The SMILES string of the molecule is CNC(=O)c1c(-c2ccc(F)cc2)oc2cc(CCC(F)(F)F)c(-c3cccc(C(C)OC(C)(C)C)c3)cc12. The predicted octanol–water partition coefficient (Wildman–Crippen LogP) is 8.64. The van der Waals surface area contributed by atoms with Gasteiger partial charge < -0.3 is 14.5 Å². The van der Waals surface area contributed by atoms with Gasteiger partial charge in [-0.05, 0) is 98.8 Å². The molecule has 1 aromatic heterocycles. The summed E-state index contributed by atoms with van der Waals surface area (Å²) in [6.45, 7) is 7.78. The first-order valence-electron chi connectivity index (χ1n) is 12.7. The van der Waals surface area contributed by atoms with Gasteiger partial charge in [0.15, 0.2) is 0 Å². The second kappa shape index (κ2) is 10.8. The second-order valence-electron chi connectivity index (χ2n) is 10.5. The normalized spacial score (nSPS) is 13.1. The Kier molecular flexibility index (Phi) is 7.89. The summed E-state index contributed by atoms with van der Waals surface area (Å²) in [4.78, 5) is 13.0. The van der Waals surface area contributed by atoms with E-state index >= 15 is 0 Å². The van der Waals surface area contributed by atoms with Crippen LogP contribution in [0.3, 0.4) is 0 Å². The standard InChI is InChI=1S/C31H31F4NO3/c1-18(39-30(2,3)4)20-7-6-8-21(15-20)24-17-25-26(16-22(24)13-14-31(33,34)35)38-28(27(25)29(37)36-5)19-9-11-23(32)12-10-19/h6-12,15-18H,13-14H2,1-5H3,(H,36,37). The van der Waals surface area contributed by atoms with E-state index in [1.165, 1.54) is 31.3 Å². The van der Waals surface area contributed by atoms with Crippen molar-refractivity contribution in [3.05, 3.63) is 83.2 Å².